The molecule has 3 heterocycles. The first-order valence-corrected chi connectivity index (χ1v) is 9.59. The van der Waals surface area contributed by atoms with Crippen LogP contribution >= 0.6 is 8.15 Å². The third kappa shape index (κ3) is 3.07. The van der Waals surface area contributed by atoms with Crippen molar-refractivity contribution < 1.29 is 65.5 Å². The normalized spacial score (nSPS) is 17.2. The summed E-state index contributed by atoms with van der Waals surface area (Å²) in [6, 6.07) is 3.58. The van der Waals surface area contributed by atoms with Crippen molar-refractivity contribution in [3.05, 3.63) is 39.2 Å². The number of hydrogen-bond donors (Lipinski definition) is 0. The molecule has 0 amide bonds. The SMILES string of the molecule is CP([O-])C(=O)c1cc2cc3c4c(c2oc1=O)CCCN4CCC3.[K+]. The number of benzene rings is 1. The number of hydrogen-bond acceptors (Lipinski definition) is 5. The van der Waals surface area contributed by atoms with Gasteiger partial charge in [-0.05, 0) is 43.4 Å². The van der Waals surface area contributed by atoms with E-state index in [1.165, 1.54) is 17.9 Å². The van der Waals surface area contributed by atoms with Crippen molar-refractivity contribution in [3.8, 4) is 0 Å². The summed E-state index contributed by atoms with van der Waals surface area (Å²) in [7, 11) is -2.08. The fourth-order valence-electron chi connectivity index (χ4n) is 3.76. The van der Waals surface area contributed by atoms with Gasteiger partial charge in [0.2, 0.25) is 0 Å². The summed E-state index contributed by atoms with van der Waals surface area (Å²) in [5.41, 5.74) is 2.73. The summed E-state index contributed by atoms with van der Waals surface area (Å²) in [6.07, 6.45) is 4.03. The third-order valence-corrected chi connectivity index (χ3v) is 5.55. The van der Waals surface area contributed by atoms with E-state index in [0.717, 1.165) is 49.7 Å². The van der Waals surface area contributed by atoms with Crippen molar-refractivity contribution in [1.29, 1.82) is 0 Å². The Balaban J connectivity index is 0.00000169. The summed E-state index contributed by atoms with van der Waals surface area (Å²) in [4.78, 5) is 38.0. The van der Waals surface area contributed by atoms with E-state index in [0.29, 0.717) is 5.58 Å². The minimum Gasteiger partial charge on any atom is -0.824 e. The van der Waals surface area contributed by atoms with E-state index in [9.17, 15) is 14.5 Å². The molecule has 0 radical (unpaired) electrons. The van der Waals surface area contributed by atoms with Crippen LogP contribution in [0.25, 0.3) is 11.0 Å². The Bertz CT molecular complexity index is 875. The average Bonchev–Trinajstić information content (AvgIpc) is 2.55. The zero-order valence-electron chi connectivity index (χ0n) is 13.9. The molecule has 1 aromatic carbocycles. The molecule has 1 atom stereocenters. The number of carbonyl (C=O) groups excluding carboxylic acids is 1. The van der Waals surface area contributed by atoms with Crippen molar-refractivity contribution >= 4 is 30.3 Å². The Morgan fingerprint density at radius 2 is 1.96 bits per heavy atom. The molecule has 0 bridgehead atoms. The monoisotopic (exact) mass is 369 g/mol. The van der Waals surface area contributed by atoms with Gasteiger partial charge in [0, 0.05) is 29.7 Å². The maximum absolute atomic E-state index is 12.2. The van der Waals surface area contributed by atoms with Crippen LogP contribution in [0.15, 0.2) is 21.3 Å². The van der Waals surface area contributed by atoms with Crippen LogP contribution in [-0.2, 0) is 12.8 Å². The van der Waals surface area contributed by atoms with Gasteiger partial charge < -0.3 is 14.2 Å². The number of aryl methyl sites for hydroxylation is 2. The molecule has 24 heavy (non-hydrogen) atoms. The van der Waals surface area contributed by atoms with Crippen LogP contribution in [0.4, 0.5) is 5.69 Å². The van der Waals surface area contributed by atoms with Gasteiger partial charge in [-0.15, -0.1) is 8.15 Å². The number of rotatable bonds is 2. The van der Waals surface area contributed by atoms with Crippen LogP contribution in [0.5, 0.6) is 0 Å². The van der Waals surface area contributed by atoms with E-state index in [2.05, 4.69) is 4.90 Å². The molecular formula is C17H17KNO4P. The standard InChI is InChI=1S/C17H17NO4P.K/c1-23(21)17(20)13-9-11-8-10-4-2-6-18-7-3-5-12(14(10)18)15(11)22-16(13)19;/h8-9H,2-7H2,1H3;/q-1;+1. The number of nitrogens with zero attached hydrogens (tertiary/aromatic N) is 1. The quantitative estimate of drug-likeness (QED) is 0.387. The second-order valence-electron chi connectivity index (χ2n) is 6.23. The summed E-state index contributed by atoms with van der Waals surface area (Å²) in [5, 5.41) is 0.766. The van der Waals surface area contributed by atoms with Crippen LogP contribution in [0, 0.1) is 0 Å². The maximum Gasteiger partial charge on any atom is 1.00 e. The zero-order chi connectivity index (χ0) is 16.1. The summed E-state index contributed by atoms with van der Waals surface area (Å²) in [5.74, 6) is 0. The van der Waals surface area contributed by atoms with Crippen LogP contribution in [-0.4, -0.2) is 25.3 Å². The van der Waals surface area contributed by atoms with Gasteiger partial charge in [-0.1, -0.05) is 6.66 Å². The molecule has 0 saturated heterocycles. The van der Waals surface area contributed by atoms with Gasteiger partial charge in [0.15, 0.2) is 5.52 Å². The molecule has 0 aliphatic carbocycles. The predicted molar refractivity (Wildman–Crippen MR) is 88.5 cm³/mol. The van der Waals surface area contributed by atoms with Crippen LogP contribution in [0.3, 0.4) is 0 Å². The molecular weight excluding hydrogens is 352 g/mol. The Labute approximate surface area is 183 Å². The van der Waals surface area contributed by atoms with E-state index < -0.39 is 19.3 Å². The van der Waals surface area contributed by atoms with Crippen molar-refractivity contribution in [1.82, 2.24) is 0 Å². The molecule has 0 spiro atoms. The molecule has 0 N–H and O–H groups in total. The average molecular weight is 369 g/mol. The first-order chi connectivity index (χ1) is 11.1. The Kier molecular flexibility index (Phi) is 5.67. The fourth-order valence-corrected chi connectivity index (χ4v) is 4.26. The van der Waals surface area contributed by atoms with Crippen LogP contribution < -0.4 is 66.8 Å². The number of carbonyl (C=O) groups is 1. The van der Waals surface area contributed by atoms with Crippen molar-refractivity contribution in [3.63, 3.8) is 0 Å². The van der Waals surface area contributed by atoms with Gasteiger partial charge in [0.1, 0.15) is 11.1 Å². The van der Waals surface area contributed by atoms with Gasteiger partial charge in [0.05, 0.1) is 0 Å². The second kappa shape index (κ2) is 7.27. The summed E-state index contributed by atoms with van der Waals surface area (Å²) >= 11 is 0. The molecule has 2 aliphatic rings. The van der Waals surface area contributed by atoms with Gasteiger partial charge in [-0.3, -0.25) is 4.79 Å². The summed E-state index contributed by atoms with van der Waals surface area (Å²) in [6.45, 7) is 3.40. The van der Waals surface area contributed by atoms with Crippen molar-refractivity contribution in [2.24, 2.45) is 0 Å². The van der Waals surface area contributed by atoms with E-state index >= 15 is 0 Å². The van der Waals surface area contributed by atoms with Crippen molar-refractivity contribution in [2.75, 3.05) is 24.7 Å². The van der Waals surface area contributed by atoms with Gasteiger partial charge in [0.25, 0.3) is 0 Å². The first-order valence-electron chi connectivity index (χ1n) is 7.89. The molecule has 5 nitrogen and oxygen atoms in total. The van der Waals surface area contributed by atoms with Gasteiger partial charge in [-0.25, -0.2) is 4.79 Å². The molecule has 1 aromatic heterocycles. The second-order valence-corrected chi connectivity index (χ2v) is 7.63. The van der Waals surface area contributed by atoms with E-state index in [-0.39, 0.29) is 56.9 Å². The first kappa shape index (κ1) is 18.7. The van der Waals surface area contributed by atoms with Crippen LogP contribution in [0.2, 0.25) is 0 Å². The molecule has 2 aromatic rings. The van der Waals surface area contributed by atoms with Crippen molar-refractivity contribution in [2.45, 2.75) is 25.7 Å². The van der Waals surface area contributed by atoms with E-state index in [1.54, 1.807) is 6.07 Å². The largest absolute Gasteiger partial charge is 1.00 e. The Morgan fingerprint density at radius 3 is 2.67 bits per heavy atom. The van der Waals surface area contributed by atoms with E-state index in [1.807, 2.05) is 6.07 Å². The van der Waals surface area contributed by atoms with Crippen LogP contribution in [0.1, 0.15) is 34.3 Å². The Hall–Kier alpha value is -0.0736. The smallest absolute Gasteiger partial charge is 0.824 e. The van der Waals surface area contributed by atoms with Gasteiger partial charge in [-0.2, -0.15) is 0 Å². The molecule has 0 saturated carbocycles. The number of fused-ring (bicyclic) bond motifs is 2. The third-order valence-electron chi connectivity index (χ3n) is 4.73. The maximum atomic E-state index is 12.2. The summed E-state index contributed by atoms with van der Waals surface area (Å²) < 4.78 is 5.50. The molecule has 0 fully saturated rings. The number of anilines is 1. The molecule has 120 valence electrons. The topological polar surface area (TPSA) is 73.6 Å². The van der Waals surface area contributed by atoms with E-state index in [4.69, 9.17) is 4.42 Å². The zero-order valence-corrected chi connectivity index (χ0v) is 17.9. The molecule has 7 heteroatoms. The molecule has 1 unspecified atom stereocenters. The molecule has 2 aliphatic heterocycles. The predicted octanol–water partition coefficient (Wildman–Crippen LogP) is -0.977. The molecule has 4 rings (SSSR count). The van der Waals surface area contributed by atoms with Gasteiger partial charge >= 0.3 is 57.0 Å². The fraction of sp³-hybridized carbons (Fsp3) is 0.412. The minimum absolute atomic E-state index is 0. The minimum atomic E-state index is -2.08. The Morgan fingerprint density at radius 1 is 1.25 bits per heavy atom.